The SMILES string of the molecule is O=C(O)C[C@H](O)C[C@H](O)C=Cc1cc2c(-c3ccc(F)cc3)cccc2nc1C1CC1. The molecule has 160 valence electrons. The summed E-state index contributed by atoms with van der Waals surface area (Å²) >= 11 is 0. The maximum Gasteiger partial charge on any atom is 0.305 e. The van der Waals surface area contributed by atoms with Crippen molar-refractivity contribution in [1.29, 1.82) is 0 Å². The van der Waals surface area contributed by atoms with E-state index in [9.17, 15) is 19.4 Å². The molecule has 0 bridgehead atoms. The van der Waals surface area contributed by atoms with Crippen LogP contribution in [-0.2, 0) is 4.79 Å². The van der Waals surface area contributed by atoms with Gasteiger partial charge in [0.1, 0.15) is 5.82 Å². The quantitative estimate of drug-likeness (QED) is 0.498. The molecule has 3 aromatic rings. The van der Waals surface area contributed by atoms with Crippen molar-refractivity contribution in [2.75, 3.05) is 0 Å². The summed E-state index contributed by atoms with van der Waals surface area (Å²) in [5.41, 5.74) is 4.55. The van der Waals surface area contributed by atoms with Gasteiger partial charge in [0.05, 0.1) is 29.8 Å². The number of carboxylic acid groups (broad SMARTS) is 1. The van der Waals surface area contributed by atoms with Gasteiger partial charge in [-0.3, -0.25) is 9.78 Å². The molecule has 1 aliphatic carbocycles. The van der Waals surface area contributed by atoms with Crippen LogP contribution in [0, 0.1) is 5.82 Å². The molecule has 0 saturated heterocycles. The Labute approximate surface area is 179 Å². The lowest BCUT2D eigenvalue weighted by Crippen LogP contribution is -2.19. The van der Waals surface area contributed by atoms with Crippen LogP contribution in [0.5, 0.6) is 0 Å². The van der Waals surface area contributed by atoms with Gasteiger partial charge in [-0.25, -0.2) is 4.39 Å². The van der Waals surface area contributed by atoms with Crippen molar-refractivity contribution in [2.24, 2.45) is 0 Å². The number of carboxylic acids is 1. The second kappa shape index (κ2) is 8.96. The third-order valence-corrected chi connectivity index (χ3v) is 5.46. The number of hydrogen-bond acceptors (Lipinski definition) is 4. The number of benzene rings is 2. The lowest BCUT2D eigenvalue weighted by molar-refractivity contribution is -0.139. The first-order valence-corrected chi connectivity index (χ1v) is 10.4. The number of fused-ring (bicyclic) bond motifs is 1. The van der Waals surface area contributed by atoms with E-state index >= 15 is 0 Å². The molecule has 3 N–H and O–H groups in total. The van der Waals surface area contributed by atoms with E-state index < -0.39 is 24.6 Å². The molecule has 0 unspecified atom stereocenters. The van der Waals surface area contributed by atoms with E-state index in [-0.39, 0.29) is 12.2 Å². The molecule has 0 amide bonds. The summed E-state index contributed by atoms with van der Waals surface area (Å²) in [4.78, 5) is 15.6. The highest BCUT2D eigenvalue weighted by atomic mass is 19.1. The highest BCUT2D eigenvalue weighted by molar-refractivity contribution is 5.96. The van der Waals surface area contributed by atoms with Crippen LogP contribution in [0.15, 0.2) is 54.6 Å². The third-order valence-electron chi connectivity index (χ3n) is 5.46. The van der Waals surface area contributed by atoms with E-state index in [2.05, 4.69) is 0 Å². The Morgan fingerprint density at radius 2 is 1.90 bits per heavy atom. The van der Waals surface area contributed by atoms with Gasteiger partial charge in [0.15, 0.2) is 0 Å². The average molecular weight is 421 g/mol. The summed E-state index contributed by atoms with van der Waals surface area (Å²) in [5, 5.41) is 29.7. The van der Waals surface area contributed by atoms with Crippen LogP contribution in [0.4, 0.5) is 4.39 Å². The zero-order valence-electron chi connectivity index (χ0n) is 16.9. The number of aliphatic carboxylic acids is 1. The summed E-state index contributed by atoms with van der Waals surface area (Å²) in [6.07, 6.45) is 2.96. The third kappa shape index (κ3) is 5.16. The summed E-state index contributed by atoms with van der Waals surface area (Å²) < 4.78 is 13.4. The monoisotopic (exact) mass is 421 g/mol. The number of aliphatic hydroxyl groups is 2. The van der Waals surface area contributed by atoms with E-state index in [4.69, 9.17) is 10.1 Å². The first-order chi connectivity index (χ1) is 14.9. The van der Waals surface area contributed by atoms with Crippen molar-refractivity contribution < 1.29 is 24.5 Å². The lowest BCUT2D eigenvalue weighted by Gasteiger charge is -2.13. The van der Waals surface area contributed by atoms with E-state index in [1.54, 1.807) is 24.3 Å². The first-order valence-electron chi connectivity index (χ1n) is 10.4. The molecule has 2 atom stereocenters. The molecule has 31 heavy (non-hydrogen) atoms. The predicted octanol–water partition coefficient (Wildman–Crippen LogP) is 4.52. The van der Waals surface area contributed by atoms with Gasteiger partial charge in [-0.1, -0.05) is 36.4 Å². The second-order valence-corrected chi connectivity index (χ2v) is 8.03. The van der Waals surface area contributed by atoms with Gasteiger partial charge in [0, 0.05) is 17.7 Å². The smallest absolute Gasteiger partial charge is 0.305 e. The molecule has 5 nitrogen and oxygen atoms in total. The highest BCUT2D eigenvalue weighted by Crippen LogP contribution is 2.42. The van der Waals surface area contributed by atoms with Crippen LogP contribution >= 0.6 is 0 Å². The summed E-state index contributed by atoms with van der Waals surface area (Å²) in [7, 11) is 0. The van der Waals surface area contributed by atoms with Crippen molar-refractivity contribution in [2.45, 2.75) is 43.8 Å². The van der Waals surface area contributed by atoms with Gasteiger partial charge in [-0.05, 0) is 53.8 Å². The van der Waals surface area contributed by atoms with Crippen molar-refractivity contribution in [1.82, 2.24) is 4.98 Å². The number of rotatable bonds is 8. The summed E-state index contributed by atoms with van der Waals surface area (Å²) in [5.74, 6) is -1.01. The zero-order valence-corrected chi connectivity index (χ0v) is 16.9. The predicted molar refractivity (Wildman–Crippen MR) is 117 cm³/mol. The topological polar surface area (TPSA) is 90.7 Å². The highest BCUT2D eigenvalue weighted by Gasteiger charge is 2.27. The zero-order chi connectivity index (χ0) is 22.0. The number of nitrogens with zero attached hydrogens (tertiary/aromatic N) is 1. The molecule has 0 radical (unpaired) electrons. The number of hydrogen-bond donors (Lipinski definition) is 3. The Kier molecular flexibility index (Phi) is 6.11. The molecule has 2 aromatic carbocycles. The van der Waals surface area contributed by atoms with Crippen LogP contribution in [0.1, 0.15) is 42.9 Å². The molecule has 1 heterocycles. The molecule has 1 aliphatic rings. The van der Waals surface area contributed by atoms with E-state index in [0.717, 1.165) is 46.1 Å². The van der Waals surface area contributed by atoms with Crippen LogP contribution in [-0.4, -0.2) is 38.5 Å². The van der Waals surface area contributed by atoms with Crippen molar-refractivity contribution >= 4 is 22.9 Å². The van der Waals surface area contributed by atoms with Crippen LogP contribution < -0.4 is 0 Å². The van der Waals surface area contributed by atoms with Crippen molar-refractivity contribution in [3.63, 3.8) is 0 Å². The van der Waals surface area contributed by atoms with Crippen LogP contribution in [0.2, 0.25) is 0 Å². The maximum absolute atomic E-state index is 13.4. The number of aliphatic hydroxyl groups excluding tert-OH is 2. The van der Waals surface area contributed by atoms with Gasteiger partial charge >= 0.3 is 5.97 Å². The van der Waals surface area contributed by atoms with Gasteiger partial charge < -0.3 is 15.3 Å². The van der Waals surface area contributed by atoms with E-state index in [1.165, 1.54) is 12.1 Å². The van der Waals surface area contributed by atoms with Crippen molar-refractivity contribution in [3.05, 3.63) is 71.7 Å². The maximum atomic E-state index is 13.4. The fraction of sp³-hybridized carbons (Fsp3) is 0.280. The summed E-state index contributed by atoms with van der Waals surface area (Å²) in [6, 6.07) is 14.2. The minimum Gasteiger partial charge on any atom is -0.481 e. The fourth-order valence-corrected chi connectivity index (χ4v) is 3.78. The Morgan fingerprint density at radius 3 is 2.58 bits per heavy atom. The van der Waals surface area contributed by atoms with E-state index in [0.29, 0.717) is 5.92 Å². The van der Waals surface area contributed by atoms with Crippen LogP contribution in [0.25, 0.3) is 28.1 Å². The Balaban J connectivity index is 1.68. The summed E-state index contributed by atoms with van der Waals surface area (Å²) in [6.45, 7) is 0. The van der Waals surface area contributed by atoms with Gasteiger partial charge in [-0.2, -0.15) is 0 Å². The van der Waals surface area contributed by atoms with Gasteiger partial charge in [0.25, 0.3) is 0 Å². The van der Waals surface area contributed by atoms with Crippen molar-refractivity contribution in [3.8, 4) is 11.1 Å². The molecule has 4 rings (SSSR count). The van der Waals surface area contributed by atoms with Gasteiger partial charge in [-0.15, -0.1) is 0 Å². The average Bonchev–Trinajstić information content (AvgIpc) is 3.56. The largest absolute Gasteiger partial charge is 0.481 e. The molecule has 1 fully saturated rings. The molecule has 0 aliphatic heterocycles. The number of pyridine rings is 1. The molecular formula is C25H24FNO4. The minimum absolute atomic E-state index is 0.0522. The van der Waals surface area contributed by atoms with Crippen LogP contribution in [0.3, 0.4) is 0 Å². The number of carbonyl (C=O) groups is 1. The Hall–Kier alpha value is -3.09. The second-order valence-electron chi connectivity index (χ2n) is 8.03. The normalized spacial score (nSPS) is 16.0. The molecular weight excluding hydrogens is 397 g/mol. The lowest BCUT2D eigenvalue weighted by atomic mass is 9.97. The number of aromatic nitrogens is 1. The standard InChI is InChI=1S/C25H24FNO4/c26-18-9-6-15(7-10-18)21-2-1-3-23-22(21)12-17(25(27-23)16-4-5-16)8-11-19(28)13-20(29)14-24(30)31/h1-3,6-12,16,19-20,28-29H,4-5,13-14H2,(H,30,31)/t19-,20-/m1/s1. The van der Waals surface area contributed by atoms with Gasteiger partial charge in [0.2, 0.25) is 0 Å². The first kappa shape index (κ1) is 21.2. The number of halogens is 1. The molecule has 1 saturated carbocycles. The molecule has 0 spiro atoms. The molecule has 6 heteroatoms. The Morgan fingerprint density at radius 1 is 1.16 bits per heavy atom. The van der Waals surface area contributed by atoms with E-state index in [1.807, 2.05) is 24.3 Å². The Bertz CT molecular complexity index is 1120. The fourth-order valence-electron chi connectivity index (χ4n) is 3.78. The molecule has 1 aromatic heterocycles. The minimum atomic E-state index is -1.11.